The average Bonchev–Trinajstić information content (AvgIpc) is 3.06. The molecule has 4 aliphatic heterocycles. The first-order chi connectivity index (χ1) is 13.7. The molecule has 2 fully saturated rings. The molecule has 0 bridgehead atoms. The minimum atomic E-state index is -0.296. The maximum absolute atomic E-state index is 13.4. The molecule has 5 nitrogen and oxygen atoms in total. The number of benzene rings is 1. The molecule has 1 amide bonds. The molecule has 28 heavy (non-hydrogen) atoms. The second-order valence-electron chi connectivity index (χ2n) is 9.03. The standard InChI is InChI=1S/C22H24N4OS/c1-2-25-17-10-14-13-4-3-5-22-12-26(22)24-19(22)18(13)23-16(14)11-15(17)21(20(25)27)6-8-28-9-7-21/h10-11,23H,2-9,12H2,1H3. The summed E-state index contributed by atoms with van der Waals surface area (Å²) in [5.74, 6) is 2.49. The van der Waals surface area contributed by atoms with E-state index in [0.717, 1.165) is 49.5 Å². The molecule has 1 atom stereocenters. The van der Waals surface area contributed by atoms with Gasteiger partial charge in [-0.2, -0.15) is 16.9 Å². The number of carbonyl (C=O) groups is 1. The number of thioether (sulfide) groups is 1. The van der Waals surface area contributed by atoms with Crippen LogP contribution in [0.5, 0.6) is 0 Å². The summed E-state index contributed by atoms with van der Waals surface area (Å²) in [6.45, 7) is 3.96. The van der Waals surface area contributed by atoms with Crippen molar-refractivity contribution in [3.8, 4) is 0 Å². The van der Waals surface area contributed by atoms with E-state index in [2.05, 4.69) is 29.0 Å². The van der Waals surface area contributed by atoms with Gasteiger partial charge >= 0.3 is 0 Å². The zero-order valence-corrected chi connectivity index (χ0v) is 17.0. The van der Waals surface area contributed by atoms with Crippen LogP contribution in [0, 0.1) is 0 Å². The molecule has 0 saturated carbocycles. The normalized spacial score (nSPS) is 29.0. The number of hydrogen-bond acceptors (Lipinski definition) is 4. The van der Waals surface area contributed by atoms with Crippen molar-refractivity contribution < 1.29 is 4.79 Å². The highest BCUT2D eigenvalue weighted by molar-refractivity contribution is 7.99. The van der Waals surface area contributed by atoms with Gasteiger partial charge in [0.15, 0.2) is 0 Å². The summed E-state index contributed by atoms with van der Waals surface area (Å²) in [4.78, 5) is 19.2. The quantitative estimate of drug-likeness (QED) is 0.757. The van der Waals surface area contributed by atoms with Crippen molar-refractivity contribution in [1.29, 1.82) is 0 Å². The number of aryl methyl sites for hydroxylation is 1. The predicted octanol–water partition coefficient (Wildman–Crippen LogP) is 3.41. The Hall–Kier alpha value is -1.95. The van der Waals surface area contributed by atoms with Crippen molar-refractivity contribution >= 4 is 40.0 Å². The van der Waals surface area contributed by atoms with Crippen LogP contribution < -0.4 is 4.90 Å². The Labute approximate surface area is 168 Å². The minimum absolute atomic E-state index is 0.252. The molecule has 144 valence electrons. The topological polar surface area (TPSA) is 51.5 Å². The van der Waals surface area contributed by atoms with Crippen molar-refractivity contribution in [3.63, 3.8) is 0 Å². The third-order valence-electron chi connectivity index (χ3n) is 7.86. The molecule has 2 saturated heterocycles. The van der Waals surface area contributed by atoms with Gasteiger partial charge in [0.25, 0.3) is 0 Å². The average molecular weight is 393 g/mol. The van der Waals surface area contributed by atoms with Gasteiger partial charge in [-0.05, 0) is 73.8 Å². The van der Waals surface area contributed by atoms with E-state index < -0.39 is 0 Å². The van der Waals surface area contributed by atoms with Crippen LogP contribution >= 0.6 is 11.8 Å². The third-order valence-corrected chi connectivity index (χ3v) is 8.85. The smallest absolute Gasteiger partial charge is 0.237 e. The summed E-state index contributed by atoms with van der Waals surface area (Å²) < 4.78 is 0. The number of nitrogens with zero attached hydrogens (tertiary/aromatic N) is 3. The third kappa shape index (κ3) is 1.65. The number of likely N-dealkylation sites (N-methyl/N-ethyl adjacent to an activating group) is 1. The molecule has 1 unspecified atom stereocenters. The maximum Gasteiger partial charge on any atom is 0.237 e. The van der Waals surface area contributed by atoms with Crippen LogP contribution in [0.25, 0.3) is 10.9 Å². The largest absolute Gasteiger partial charge is 0.353 e. The van der Waals surface area contributed by atoms with E-state index in [-0.39, 0.29) is 11.0 Å². The monoisotopic (exact) mass is 392 g/mol. The first kappa shape index (κ1) is 15.9. The zero-order chi connectivity index (χ0) is 18.7. The van der Waals surface area contributed by atoms with Crippen molar-refractivity contribution in [2.75, 3.05) is 29.5 Å². The molecule has 2 spiro atoms. The molecule has 0 radical (unpaired) electrons. The number of nitrogens with one attached hydrogen (secondary N) is 1. The highest BCUT2D eigenvalue weighted by Crippen LogP contribution is 2.53. The molecule has 5 aliphatic rings. The molecule has 1 aliphatic carbocycles. The molecule has 7 rings (SSSR count). The number of hydrazone groups is 1. The van der Waals surface area contributed by atoms with E-state index in [4.69, 9.17) is 5.10 Å². The Morgan fingerprint density at radius 2 is 2.11 bits per heavy atom. The zero-order valence-electron chi connectivity index (χ0n) is 16.2. The summed E-state index contributed by atoms with van der Waals surface area (Å²) in [6, 6.07) is 4.64. The number of aromatic amines is 1. The van der Waals surface area contributed by atoms with Gasteiger partial charge in [0.05, 0.1) is 17.7 Å². The molecule has 2 aromatic rings. The summed E-state index contributed by atoms with van der Waals surface area (Å²) in [5, 5.41) is 8.31. The van der Waals surface area contributed by atoms with Crippen molar-refractivity contribution in [3.05, 3.63) is 29.0 Å². The minimum Gasteiger partial charge on any atom is -0.353 e. The van der Waals surface area contributed by atoms with Crippen LogP contribution in [-0.4, -0.2) is 51.7 Å². The van der Waals surface area contributed by atoms with Gasteiger partial charge in [0.2, 0.25) is 5.91 Å². The van der Waals surface area contributed by atoms with Crippen LogP contribution in [0.2, 0.25) is 0 Å². The van der Waals surface area contributed by atoms with E-state index in [1.165, 1.54) is 46.3 Å². The van der Waals surface area contributed by atoms with Crippen molar-refractivity contribution in [2.24, 2.45) is 5.10 Å². The Morgan fingerprint density at radius 1 is 1.25 bits per heavy atom. The second kappa shape index (κ2) is 4.96. The maximum atomic E-state index is 13.4. The number of aromatic nitrogens is 1. The van der Waals surface area contributed by atoms with E-state index >= 15 is 0 Å². The van der Waals surface area contributed by atoms with E-state index in [9.17, 15) is 4.79 Å². The highest BCUT2D eigenvalue weighted by Gasteiger charge is 2.64. The van der Waals surface area contributed by atoms with Crippen LogP contribution in [-0.2, 0) is 16.6 Å². The number of H-pyrrole nitrogens is 1. The number of rotatable bonds is 1. The summed E-state index contributed by atoms with van der Waals surface area (Å²) in [5.41, 5.74) is 7.56. The number of hydrogen-bond donors (Lipinski definition) is 1. The number of anilines is 1. The Balaban J connectivity index is 1.46. The van der Waals surface area contributed by atoms with Gasteiger partial charge in [-0.3, -0.25) is 9.80 Å². The van der Waals surface area contributed by atoms with Gasteiger partial charge in [-0.1, -0.05) is 0 Å². The van der Waals surface area contributed by atoms with Gasteiger partial charge in [-0.15, -0.1) is 0 Å². The summed E-state index contributed by atoms with van der Waals surface area (Å²) >= 11 is 1.98. The lowest BCUT2D eigenvalue weighted by Crippen LogP contribution is -2.42. The molecule has 1 aromatic heterocycles. The van der Waals surface area contributed by atoms with Gasteiger partial charge in [0, 0.05) is 23.1 Å². The lowest BCUT2D eigenvalue weighted by atomic mass is 9.76. The number of carbonyl (C=O) groups excluding carboxylic acids is 1. The van der Waals surface area contributed by atoms with Crippen LogP contribution in [0.3, 0.4) is 0 Å². The summed E-state index contributed by atoms with van der Waals surface area (Å²) in [7, 11) is 0. The van der Waals surface area contributed by atoms with Gasteiger partial charge < -0.3 is 9.88 Å². The van der Waals surface area contributed by atoms with Crippen molar-refractivity contribution in [2.45, 2.75) is 50.0 Å². The van der Waals surface area contributed by atoms with Crippen LogP contribution in [0.15, 0.2) is 17.2 Å². The molecule has 1 aromatic carbocycles. The van der Waals surface area contributed by atoms with Crippen LogP contribution in [0.4, 0.5) is 5.69 Å². The highest BCUT2D eigenvalue weighted by atomic mass is 32.2. The van der Waals surface area contributed by atoms with E-state index in [1.807, 2.05) is 16.7 Å². The van der Waals surface area contributed by atoms with Gasteiger partial charge in [-0.25, -0.2) is 0 Å². The Kier molecular flexibility index (Phi) is 2.82. The molecular formula is C22H24N4OS. The number of fused-ring (bicyclic) bond motifs is 6. The Bertz CT molecular complexity index is 1100. The fourth-order valence-corrected chi connectivity index (χ4v) is 7.42. The van der Waals surface area contributed by atoms with Gasteiger partial charge in [0.1, 0.15) is 11.3 Å². The molecule has 6 heteroatoms. The fraction of sp³-hybridized carbons (Fsp3) is 0.545. The second-order valence-corrected chi connectivity index (χ2v) is 10.3. The molecular weight excluding hydrogens is 368 g/mol. The first-order valence-corrected chi connectivity index (χ1v) is 11.8. The Morgan fingerprint density at radius 3 is 2.86 bits per heavy atom. The fourth-order valence-electron chi connectivity index (χ4n) is 6.23. The summed E-state index contributed by atoms with van der Waals surface area (Å²) in [6.07, 6.45) is 5.48. The lowest BCUT2D eigenvalue weighted by molar-refractivity contribution is -0.123. The first-order valence-electron chi connectivity index (χ1n) is 10.6. The SMILES string of the molecule is CCN1C(=O)C2(CCSCC2)c2cc3[nH]c4c(c3cc21)CCCC12CN1N=C42. The van der Waals surface area contributed by atoms with E-state index in [1.54, 1.807) is 0 Å². The van der Waals surface area contributed by atoms with Crippen LogP contribution in [0.1, 0.15) is 49.4 Å². The van der Waals surface area contributed by atoms with Crippen molar-refractivity contribution in [1.82, 2.24) is 9.99 Å². The number of amides is 1. The molecule has 5 heterocycles. The predicted molar refractivity (Wildman–Crippen MR) is 113 cm³/mol. The lowest BCUT2D eigenvalue weighted by Gasteiger charge is -2.32. The molecule has 1 N–H and O–H groups in total. The van der Waals surface area contributed by atoms with E-state index in [0.29, 0.717) is 5.91 Å².